The number of ether oxygens (including phenoxy) is 2. The molecule has 146 valence electrons. The van der Waals surface area contributed by atoms with E-state index >= 15 is 0 Å². The van der Waals surface area contributed by atoms with E-state index in [0.717, 1.165) is 30.7 Å². The first kappa shape index (κ1) is 21.1. The van der Waals surface area contributed by atoms with Gasteiger partial charge in [0.05, 0.1) is 19.0 Å². The molecule has 1 fully saturated rings. The molecule has 1 aliphatic carbocycles. The SMILES string of the molecule is CN=C(NCC1(CS(C)(=O)=O)CC1)Nc1ccc2c(c1)OCCCO2.I. The standard InChI is InChI=1S/C17H25N3O4S.HI/c1-18-16(19-11-17(6-7-17)12-25(2,21)22)20-13-4-5-14-15(10-13)24-9-3-8-23-14;/h4-5,10H,3,6-9,11-12H2,1-2H3,(H2,18,19,20);1H. The molecule has 0 amide bonds. The second-order valence-corrected chi connectivity index (χ2v) is 8.97. The van der Waals surface area contributed by atoms with Crippen LogP contribution in [0.2, 0.25) is 0 Å². The molecule has 0 unspecified atom stereocenters. The minimum atomic E-state index is -2.98. The fourth-order valence-corrected chi connectivity index (χ4v) is 4.44. The summed E-state index contributed by atoms with van der Waals surface area (Å²) in [4.78, 5) is 4.21. The van der Waals surface area contributed by atoms with Crippen molar-refractivity contribution in [2.75, 3.05) is 44.1 Å². The number of benzene rings is 1. The molecular formula is C17H26IN3O4S. The number of aliphatic imine (C=N–C) groups is 1. The Hall–Kier alpha value is -1.23. The van der Waals surface area contributed by atoms with Crippen LogP contribution in [-0.4, -0.2) is 53.2 Å². The highest BCUT2D eigenvalue weighted by Gasteiger charge is 2.45. The van der Waals surface area contributed by atoms with E-state index in [-0.39, 0.29) is 35.1 Å². The van der Waals surface area contributed by atoms with Crippen molar-refractivity contribution in [3.63, 3.8) is 0 Å². The predicted octanol–water partition coefficient (Wildman–Crippen LogP) is 2.28. The van der Waals surface area contributed by atoms with Gasteiger partial charge in [-0.3, -0.25) is 4.99 Å². The number of fused-ring (bicyclic) bond motifs is 1. The maximum atomic E-state index is 11.6. The lowest BCUT2D eigenvalue weighted by Gasteiger charge is -2.18. The minimum Gasteiger partial charge on any atom is -0.490 e. The van der Waals surface area contributed by atoms with Gasteiger partial charge >= 0.3 is 0 Å². The predicted molar refractivity (Wildman–Crippen MR) is 114 cm³/mol. The van der Waals surface area contributed by atoms with E-state index in [4.69, 9.17) is 9.47 Å². The van der Waals surface area contributed by atoms with Gasteiger partial charge in [-0.15, -0.1) is 24.0 Å². The molecule has 9 heteroatoms. The minimum absolute atomic E-state index is 0. The number of hydrogen-bond acceptors (Lipinski definition) is 5. The van der Waals surface area contributed by atoms with Crippen molar-refractivity contribution in [1.82, 2.24) is 5.32 Å². The number of nitrogens with zero attached hydrogens (tertiary/aromatic N) is 1. The summed E-state index contributed by atoms with van der Waals surface area (Å²) >= 11 is 0. The quantitative estimate of drug-likeness (QED) is 0.370. The first-order valence-corrected chi connectivity index (χ1v) is 10.5. The average Bonchev–Trinajstić information content (AvgIpc) is 3.33. The number of sulfone groups is 1. The fraction of sp³-hybridized carbons (Fsp3) is 0.588. The summed E-state index contributed by atoms with van der Waals surface area (Å²) in [5, 5.41) is 6.45. The molecule has 2 N–H and O–H groups in total. The summed E-state index contributed by atoms with van der Waals surface area (Å²) in [7, 11) is -1.29. The molecule has 1 aromatic rings. The summed E-state index contributed by atoms with van der Waals surface area (Å²) in [6, 6.07) is 5.67. The van der Waals surface area contributed by atoms with Crippen molar-refractivity contribution in [1.29, 1.82) is 0 Å². The molecule has 0 radical (unpaired) electrons. The molecule has 0 atom stereocenters. The number of anilines is 1. The van der Waals surface area contributed by atoms with E-state index in [2.05, 4.69) is 15.6 Å². The van der Waals surface area contributed by atoms with E-state index < -0.39 is 9.84 Å². The van der Waals surface area contributed by atoms with Crippen LogP contribution in [0.15, 0.2) is 23.2 Å². The third-order valence-corrected chi connectivity index (χ3v) is 5.53. The second-order valence-electron chi connectivity index (χ2n) is 6.83. The van der Waals surface area contributed by atoms with Gasteiger partial charge in [-0.05, 0) is 25.0 Å². The third-order valence-electron chi connectivity index (χ3n) is 4.39. The van der Waals surface area contributed by atoms with E-state index in [1.807, 2.05) is 18.2 Å². The molecule has 1 aliphatic heterocycles. The Morgan fingerprint density at radius 2 is 1.92 bits per heavy atom. The number of guanidine groups is 1. The van der Waals surface area contributed by atoms with E-state index in [1.165, 1.54) is 6.26 Å². The highest BCUT2D eigenvalue weighted by atomic mass is 127. The zero-order valence-corrected chi connectivity index (χ0v) is 18.2. The Balaban J connectivity index is 0.00000243. The van der Waals surface area contributed by atoms with Crippen molar-refractivity contribution in [3.8, 4) is 11.5 Å². The highest BCUT2D eigenvalue weighted by molar-refractivity contribution is 14.0. The topological polar surface area (TPSA) is 89.0 Å². The van der Waals surface area contributed by atoms with Gasteiger partial charge in [0.1, 0.15) is 9.84 Å². The lowest BCUT2D eigenvalue weighted by molar-refractivity contribution is 0.297. The van der Waals surface area contributed by atoms with E-state index in [0.29, 0.717) is 31.5 Å². The van der Waals surface area contributed by atoms with E-state index in [9.17, 15) is 8.42 Å². The summed E-state index contributed by atoms with van der Waals surface area (Å²) in [5.41, 5.74) is 0.681. The number of nitrogens with one attached hydrogen (secondary N) is 2. The first-order valence-electron chi connectivity index (χ1n) is 8.44. The van der Waals surface area contributed by atoms with Crippen LogP contribution >= 0.6 is 24.0 Å². The molecule has 0 spiro atoms. The maximum Gasteiger partial charge on any atom is 0.195 e. The van der Waals surface area contributed by atoms with Crippen molar-refractivity contribution in [3.05, 3.63) is 18.2 Å². The normalized spacial score (nSPS) is 18.3. The molecule has 0 saturated heterocycles. The lowest BCUT2D eigenvalue weighted by atomic mass is 10.1. The molecule has 2 aliphatic rings. The fourth-order valence-electron chi connectivity index (χ4n) is 2.93. The molecule has 26 heavy (non-hydrogen) atoms. The molecule has 1 aromatic carbocycles. The van der Waals surface area contributed by atoms with Crippen LogP contribution in [0.1, 0.15) is 19.3 Å². The molecule has 0 aromatic heterocycles. The zero-order valence-electron chi connectivity index (χ0n) is 15.1. The van der Waals surface area contributed by atoms with E-state index in [1.54, 1.807) is 7.05 Å². The lowest BCUT2D eigenvalue weighted by Crippen LogP contribution is -2.37. The van der Waals surface area contributed by atoms with Crippen LogP contribution < -0.4 is 20.1 Å². The Labute approximate surface area is 171 Å². The molecule has 3 rings (SSSR count). The van der Waals surface area contributed by atoms with Crippen LogP contribution in [0.5, 0.6) is 11.5 Å². The van der Waals surface area contributed by atoms with Crippen LogP contribution in [0, 0.1) is 5.41 Å². The largest absolute Gasteiger partial charge is 0.490 e. The van der Waals surface area contributed by atoms with Crippen LogP contribution in [-0.2, 0) is 9.84 Å². The summed E-state index contributed by atoms with van der Waals surface area (Å²) in [6.45, 7) is 1.88. The van der Waals surface area contributed by atoms with Gasteiger partial charge in [0.15, 0.2) is 17.5 Å². The summed E-state index contributed by atoms with van der Waals surface area (Å²) in [6.07, 6.45) is 4.00. The molecule has 1 heterocycles. The van der Waals surface area contributed by atoms with Gasteiger partial charge in [-0.25, -0.2) is 8.42 Å². The van der Waals surface area contributed by atoms with Crippen molar-refractivity contribution in [2.24, 2.45) is 10.4 Å². The molecule has 7 nitrogen and oxygen atoms in total. The van der Waals surface area contributed by atoms with Crippen molar-refractivity contribution < 1.29 is 17.9 Å². The second kappa shape index (κ2) is 8.64. The average molecular weight is 495 g/mol. The van der Waals surface area contributed by atoms with Crippen LogP contribution in [0.25, 0.3) is 0 Å². The van der Waals surface area contributed by atoms with Gasteiger partial charge in [0.2, 0.25) is 0 Å². The Morgan fingerprint density at radius 1 is 1.23 bits per heavy atom. The summed E-state index contributed by atoms with van der Waals surface area (Å²) < 4.78 is 34.4. The van der Waals surface area contributed by atoms with Crippen LogP contribution in [0.4, 0.5) is 5.69 Å². The number of halogens is 1. The van der Waals surface area contributed by atoms with Gasteiger partial charge in [-0.2, -0.15) is 0 Å². The Bertz CT molecular complexity index is 763. The molecule has 1 saturated carbocycles. The van der Waals surface area contributed by atoms with Crippen LogP contribution in [0.3, 0.4) is 0 Å². The van der Waals surface area contributed by atoms with Crippen molar-refractivity contribution in [2.45, 2.75) is 19.3 Å². The maximum absolute atomic E-state index is 11.6. The zero-order chi connectivity index (χ0) is 17.9. The van der Waals surface area contributed by atoms with Crippen molar-refractivity contribution >= 4 is 45.5 Å². The van der Waals surface area contributed by atoms with Gasteiger partial charge in [0.25, 0.3) is 0 Å². The van der Waals surface area contributed by atoms with Gasteiger partial charge in [-0.1, -0.05) is 0 Å². The monoisotopic (exact) mass is 495 g/mol. The van der Waals surface area contributed by atoms with Gasteiger partial charge in [0, 0.05) is 43.4 Å². The smallest absolute Gasteiger partial charge is 0.195 e. The number of rotatable bonds is 5. The Kier molecular flexibility index (Phi) is 7.00. The summed E-state index contributed by atoms with van der Waals surface area (Å²) in [5.74, 6) is 2.28. The third kappa shape index (κ3) is 5.90. The molecular weight excluding hydrogens is 469 g/mol. The first-order chi connectivity index (χ1) is 11.9. The Morgan fingerprint density at radius 3 is 2.54 bits per heavy atom. The number of hydrogen-bond donors (Lipinski definition) is 2. The molecule has 0 bridgehead atoms. The van der Waals surface area contributed by atoms with Gasteiger partial charge < -0.3 is 20.1 Å². The highest BCUT2D eigenvalue weighted by Crippen LogP contribution is 2.46.